The summed E-state index contributed by atoms with van der Waals surface area (Å²) in [5, 5.41) is 4.47. The van der Waals surface area contributed by atoms with Crippen LogP contribution in [0.4, 0.5) is 10.6 Å². The fourth-order valence-corrected chi connectivity index (χ4v) is 5.06. The molecule has 0 aliphatic carbocycles. The van der Waals surface area contributed by atoms with Crippen LogP contribution in [0.25, 0.3) is 16.6 Å². The predicted molar refractivity (Wildman–Crippen MR) is 152 cm³/mol. The molecule has 0 radical (unpaired) electrons. The number of aromatic amines is 1. The zero-order chi connectivity index (χ0) is 26.7. The molecule has 1 atom stereocenters. The molecule has 1 fully saturated rings. The first kappa shape index (κ1) is 26.7. The molecule has 7 heteroatoms. The van der Waals surface area contributed by atoms with Gasteiger partial charge in [0.1, 0.15) is 11.4 Å². The summed E-state index contributed by atoms with van der Waals surface area (Å²) >= 11 is 0. The molecule has 2 N–H and O–H groups in total. The summed E-state index contributed by atoms with van der Waals surface area (Å²) in [6, 6.07) is 13.1. The second-order valence-corrected chi connectivity index (χ2v) is 11.2. The van der Waals surface area contributed by atoms with Crippen LogP contribution in [0.15, 0.2) is 49.2 Å². The second kappa shape index (κ2) is 11.0. The number of amides is 1. The molecule has 7 nitrogen and oxygen atoms in total. The van der Waals surface area contributed by atoms with Crippen LogP contribution in [0, 0.1) is 0 Å². The van der Waals surface area contributed by atoms with Gasteiger partial charge >= 0.3 is 6.09 Å². The van der Waals surface area contributed by atoms with Crippen LogP contribution in [-0.2, 0) is 4.74 Å². The molecule has 1 amide bonds. The van der Waals surface area contributed by atoms with Gasteiger partial charge in [-0.2, -0.15) is 0 Å². The van der Waals surface area contributed by atoms with E-state index < -0.39 is 5.60 Å². The summed E-state index contributed by atoms with van der Waals surface area (Å²) < 4.78 is 5.52. The van der Waals surface area contributed by atoms with Crippen molar-refractivity contribution in [3.05, 3.63) is 66.0 Å². The van der Waals surface area contributed by atoms with Crippen molar-refractivity contribution in [2.24, 2.45) is 0 Å². The number of anilines is 1. The van der Waals surface area contributed by atoms with Crippen molar-refractivity contribution in [2.75, 3.05) is 32.5 Å². The van der Waals surface area contributed by atoms with Gasteiger partial charge in [-0.25, -0.2) is 9.78 Å². The quantitative estimate of drug-likeness (QED) is 0.372. The summed E-state index contributed by atoms with van der Waals surface area (Å²) in [5.41, 5.74) is 4.94. The number of nitrogens with one attached hydrogen (secondary N) is 2. The number of H-pyrrole nitrogens is 1. The molecule has 0 saturated carbocycles. The Labute approximate surface area is 220 Å². The van der Waals surface area contributed by atoms with E-state index in [1.807, 2.05) is 37.9 Å². The van der Waals surface area contributed by atoms with Gasteiger partial charge in [-0.1, -0.05) is 37.8 Å². The number of benzene rings is 1. The summed E-state index contributed by atoms with van der Waals surface area (Å²) in [5.74, 6) is 1.21. The van der Waals surface area contributed by atoms with Crippen LogP contribution in [0.2, 0.25) is 0 Å². The van der Waals surface area contributed by atoms with Crippen molar-refractivity contribution in [2.45, 2.75) is 64.5 Å². The van der Waals surface area contributed by atoms with Crippen LogP contribution in [0.1, 0.15) is 75.7 Å². The molecule has 3 heterocycles. The van der Waals surface area contributed by atoms with E-state index in [0.29, 0.717) is 12.0 Å². The maximum Gasteiger partial charge on any atom is 0.410 e. The molecule has 0 bridgehead atoms. The molecular formula is C30H41N5O2. The van der Waals surface area contributed by atoms with E-state index >= 15 is 0 Å². The second-order valence-electron chi connectivity index (χ2n) is 11.2. The van der Waals surface area contributed by atoms with Gasteiger partial charge in [-0.3, -0.25) is 0 Å². The lowest BCUT2D eigenvalue weighted by Crippen LogP contribution is -2.41. The summed E-state index contributed by atoms with van der Waals surface area (Å²) in [6.45, 7) is 13.6. The summed E-state index contributed by atoms with van der Waals surface area (Å²) in [7, 11) is 4.21. The first-order chi connectivity index (χ1) is 17.5. The predicted octanol–water partition coefficient (Wildman–Crippen LogP) is 6.77. The normalized spacial score (nSPS) is 15.7. The maximum absolute atomic E-state index is 12.3. The minimum Gasteiger partial charge on any atom is -0.444 e. The molecule has 37 heavy (non-hydrogen) atoms. The number of pyridine rings is 1. The molecule has 2 aromatic heterocycles. The van der Waals surface area contributed by atoms with E-state index in [2.05, 4.69) is 78.1 Å². The largest absolute Gasteiger partial charge is 0.444 e. The van der Waals surface area contributed by atoms with Gasteiger partial charge in [-0.15, -0.1) is 0 Å². The Hall–Kier alpha value is -3.32. The molecular weight excluding hydrogens is 462 g/mol. The highest BCUT2D eigenvalue weighted by Crippen LogP contribution is 2.30. The highest BCUT2D eigenvalue weighted by molar-refractivity contribution is 5.84. The SMILES string of the molecule is C=C(Nc1cc2[nH]c(C(CC)N(C)C)cc2cn1)c1ccc(C2CCN(C(=O)OC(C)(C)C)CC2)cc1. The standard InChI is InChI=1S/C30H41N5O2/c1-8-27(34(6)7)26-17-24-19-31-28(18-25(24)33-26)32-20(2)21-9-11-22(12-10-21)23-13-15-35(16-14-23)29(36)37-30(3,4)5/h9-12,17-19,23,27,33H,2,8,13-16H2,1,3-7H3,(H,31,32). The number of rotatable bonds is 7. The number of piperidine rings is 1. The van der Waals surface area contributed by atoms with Crippen molar-refractivity contribution < 1.29 is 9.53 Å². The van der Waals surface area contributed by atoms with Gasteiger partial charge in [0.2, 0.25) is 0 Å². The molecule has 1 unspecified atom stereocenters. The molecule has 4 rings (SSSR count). The Balaban J connectivity index is 1.36. The van der Waals surface area contributed by atoms with Gasteiger partial charge in [0.15, 0.2) is 0 Å². The maximum atomic E-state index is 12.3. The monoisotopic (exact) mass is 503 g/mol. The number of likely N-dealkylation sites (tertiary alicyclic amines) is 1. The molecule has 0 spiro atoms. The Morgan fingerprint density at radius 1 is 1.22 bits per heavy atom. The van der Waals surface area contributed by atoms with Crippen molar-refractivity contribution in [1.29, 1.82) is 0 Å². The first-order valence-electron chi connectivity index (χ1n) is 13.2. The number of fused-ring (bicyclic) bond motifs is 1. The van der Waals surface area contributed by atoms with Crippen LogP contribution in [0.5, 0.6) is 0 Å². The molecule has 198 valence electrons. The first-order valence-corrected chi connectivity index (χ1v) is 13.2. The van der Waals surface area contributed by atoms with E-state index in [-0.39, 0.29) is 6.09 Å². The fourth-order valence-electron chi connectivity index (χ4n) is 5.06. The number of aromatic nitrogens is 2. The minimum absolute atomic E-state index is 0.214. The number of carbonyl (C=O) groups is 1. The Morgan fingerprint density at radius 2 is 1.89 bits per heavy atom. The van der Waals surface area contributed by atoms with Crippen molar-refractivity contribution >= 4 is 28.5 Å². The molecule has 1 saturated heterocycles. The fraction of sp³-hybridized carbons (Fsp3) is 0.467. The Kier molecular flexibility index (Phi) is 7.93. The van der Waals surface area contributed by atoms with E-state index in [4.69, 9.17) is 4.74 Å². The summed E-state index contributed by atoms with van der Waals surface area (Å²) in [6.07, 6.45) is 4.60. The lowest BCUT2D eigenvalue weighted by atomic mass is 9.89. The van der Waals surface area contributed by atoms with Gasteiger partial charge in [0, 0.05) is 48.2 Å². The lowest BCUT2D eigenvalue weighted by Gasteiger charge is -2.33. The third-order valence-corrected chi connectivity index (χ3v) is 7.05. The number of hydrogen-bond acceptors (Lipinski definition) is 5. The Morgan fingerprint density at radius 3 is 2.49 bits per heavy atom. The third kappa shape index (κ3) is 6.52. The van der Waals surface area contributed by atoms with Crippen molar-refractivity contribution in [3.63, 3.8) is 0 Å². The average Bonchev–Trinajstić information content (AvgIpc) is 3.26. The summed E-state index contributed by atoms with van der Waals surface area (Å²) in [4.78, 5) is 24.6. The number of hydrogen-bond donors (Lipinski definition) is 2. The van der Waals surface area contributed by atoms with Gasteiger partial charge in [-0.05, 0) is 77.2 Å². The van der Waals surface area contributed by atoms with E-state index in [1.165, 1.54) is 11.3 Å². The molecule has 3 aromatic rings. The van der Waals surface area contributed by atoms with Crippen LogP contribution < -0.4 is 5.32 Å². The van der Waals surface area contributed by atoms with Crippen molar-refractivity contribution in [1.82, 2.24) is 19.8 Å². The number of carbonyl (C=O) groups excluding carboxylic acids is 1. The van der Waals surface area contributed by atoms with Crippen LogP contribution in [-0.4, -0.2) is 58.6 Å². The van der Waals surface area contributed by atoms with Gasteiger partial charge < -0.3 is 24.8 Å². The van der Waals surface area contributed by atoms with Crippen LogP contribution >= 0.6 is 0 Å². The Bertz CT molecular complexity index is 1230. The van der Waals surface area contributed by atoms with Crippen LogP contribution in [0.3, 0.4) is 0 Å². The lowest BCUT2D eigenvalue weighted by molar-refractivity contribution is 0.0205. The highest BCUT2D eigenvalue weighted by atomic mass is 16.6. The van der Waals surface area contributed by atoms with Gasteiger partial charge in [0.25, 0.3) is 0 Å². The van der Waals surface area contributed by atoms with E-state index in [0.717, 1.165) is 60.3 Å². The average molecular weight is 504 g/mol. The number of ether oxygens (including phenoxy) is 1. The molecule has 1 aliphatic rings. The third-order valence-electron chi connectivity index (χ3n) is 7.05. The van der Waals surface area contributed by atoms with Gasteiger partial charge in [0.05, 0.1) is 5.52 Å². The number of nitrogens with zero attached hydrogens (tertiary/aromatic N) is 3. The smallest absolute Gasteiger partial charge is 0.410 e. The van der Waals surface area contributed by atoms with E-state index in [1.54, 1.807) is 0 Å². The zero-order valence-corrected chi connectivity index (χ0v) is 23.1. The minimum atomic E-state index is -0.462. The topological polar surface area (TPSA) is 73.5 Å². The van der Waals surface area contributed by atoms with E-state index in [9.17, 15) is 4.79 Å². The highest BCUT2D eigenvalue weighted by Gasteiger charge is 2.27. The van der Waals surface area contributed by atoms with Crippen molar-refractivity contribution in [3.8, 4) is 0 Å². The molecule has 1 aliphatic heterocycles. The molecule has 1 aromatic carbocycles. The zero-order valence-electron chi connectivity index (χ0n) is 23.1.